The maximum Gasteiger partial charge on any atom is 0.338 e. The number of benzene rings is 2. The molecule has 0 radical (unpaired) electrons. The molecule has 2 amide bonds. The van der Waals surface area contributed by atoms with Crippen LogP contribution in [0.25, 0.3) is 0 Å². The van der Waals surface area contributed by atoms with Crippen LogP contribution in [0.1, 0.15) is 56.9 Å². The summed E-state index contributed by atoms with van der Waals surface area (Å²) in [6.45, 7) is 3.69. The van der Waals surface area contributed by atoms with Crippen molar-refractivity contribution < 1.29 is 23.5 Å². The average Bonchev–Trinajstić information content (AvgIpc) is 2.90. The van der Waals surface area contributed by atoms with Gasteiger partial charge in [0.05, 0.1) is 16.7 Å². The summed E-state index contributed by atoms with van der Waals surface area (Å²) < 4.78 is 18.1. The van der Waals surface area contributed by atoms with Gasteiger partial charge in [-0.05, 0) is 49.2 Å². The Morgan fingerprint density at radius 2 is 1.73 bits per heavy atom. The normalized spacial score (nSPS) is 14.3. The van der Waals surface area contributed by atoms with Crippen LogP contribution >= 0.6 is 0 Å². The highest BCUT2D eigenvalue weighted by atomic mass is 19.1. The van der Waals surface area contributed by atoms with Gasteiger partial charge in [0.2, 0.25) is 0 Å². The van der Waals surface area contributed by atoms with Crippen molar-refractivity contribution in [1.82, 2.24) is 4.90 Å². The van der Waals surface area contributed by atoms with Gasteiger partial charge in [0.25, 0.3) is 11.8 Å². The zero-order valence-electron chi connectivity index (χ0n) is 14.5. The van der Waals surface area contributed by atoms with Gasteiger partial charge in [-0.3, -0.25) is 14.5 Å². The van der Waals surface area contributed by atoms with Gasteiger partial charge in [-0.15, -0.1) is 0 Å². The van der Waals surface area contributed by atoms with E-state index in [1.165, 1.54) is 47.4 Å². The Labute approximate surface area is 150 Å². The highest BCUT2D eigenvalue weighted by Crippen LogP contribution is 2.27. The lowest BCUT2D eigenvalue weighted by Crippen LogP contribution is -2.37. The number of esters is 1. The first-order valence-electron chi connectivity index (χ1n) is 8.36. The van der Waals surface area contributed by atoms with Gasteiger partial charge in [0.15, 0.2) is 0 Å². The van der Waals surface area contributed by atoms with Crippen molar-refractivity contribution in [3.8, 4) is 0 Å². The van der Waals surface area contributed by atoms with E-state index in [-0.39, 0.29) is 35.5 Å². The lowest BCUT2D eigenvalue weighted by molar-refractivity contribution is 0.0472. The fourth-order valence-corrected chi connectivity index (χ4v) is 2.78. The smallest absolute Gasteiger partial charge is 0.338 e. The number of imide groups is 1. The number of amides is 2. The van der Waals surface area contributed by atoms with Gasteiger partial charge in [-0.25, -0.2) is 9.18 Å². The number of rotatable bonds is 5. The van der Waals surface area contributed by atoms with Gasteiger partial charge >= 0.3 is 5.97 Å². The lowest BCUT2D eigenvalue weighted by atomic mass is 10.1. The first-order valence-corrected chi connectivity index (χ1v) is 8.36. The standard InChI is InChI=1S/C20H18FNO4/c1-3-12(2)22-18(23)16-9-6-14(10-17(16)19(22)24)20(25)26-11-13-4-7-15(21)8-5-13/h4-10,12H,3,11H2,1-2H3/t12-/m1/s1. The summed E-state index contributed by atoms with van der Waals surface area (Å²) in [6.07, 6.45) is 0.651. The number of carbonyl (C=O) groups is 3. The topological polar surface area (TPSA) is 63.7 Å². The lowest BCUT2D eigenvalue weighted by Gasteiger charge is -2.20. The van der Waals surface area contributed by atoms with Crippen LogP contribution < -0.4 is 0 Å². The number of halogens is 1. The highest BCUT2D eigenvalue weighted by molar-refractivity contribution is 6.22. The molecular formula is C20H18FNO4. The second kappa shape index (κ2) is 7.07. The zero-order valence-corrected chi connectivity index (χ0v) is 14.5. The number of hydrogen-bond donors (Lipinski definition) is 0. The molecule has 1 aliphatic heterocycles. The van der Waals surface area contributed by atoms with E-state index in [9.17, 15) is 18.8 Å². The highest BCUT2D eigenvalue weighted by Gasteiger charge is 2.38. The molecule has 0 unspecified atom stereocenters. The third kappa shape index (κ3) is 3.22. The Morgan fingerprint density at radius 1 is 1.08 bits per heavy atom. The molecule has 134 valence electrons. The Morgan fingerprint density at radius 3 is 2.38 bits per heavy atom. The van der Waals surface area contributed by atoms with E-state index in [0.29, 0.717) is 17.5 Å². The molecule has 6 heteroatoms. The number of fused-ring (bicyclic) bond motifs is 1. The molecule has 5 nitrogen and oxygen atoms in total. The van der Waals surface area contributed by atoms with Crippen LogP contribution in [0.5, 0.6) is 0 Å². The molecule has 0 N–H and O–H groups in total. The molecule has 1 aliphatic rings. The molecule has 0 spiro atoms. The van der Waals surface area contributed by atoms with Gasteiger partial charge < -0.3 is 4.74 Å². The Balaban J connectivity index is 1.76. The van der Waals surface area contributed by atoms with Crippen LogP contribution in [0.4, 0.5) is 4.39 Å². The van der Waals surface area contributed by atoms with Gasteiger partial charge in [0, 0.05) is 6.04 Å². The summed E-state index contributed by atoms with van der Waals surface area (Å²) in [4.78, 5) is 38.4. The summed E-state index contributed by atoms with van der Waals surface area (Å²) in [6, 6.07) is 9.75. The molecule has 2 aromatic rings. The first kappa shape index (κ1) is 17.8. The SMILES string of the molecule is CC[C@@H](C)N1C(=O)c2ccc(C(=O)OCc3ccc(F)cc3)cc2C1=O. The molecular weight excluding hydrogens is 337 g/mol. The predicted octanol–water partition coefficient (Wildman–Crippen LogP) is 3.58. The van der Waals surface area contributed by atoms with Crippen molar-refractivity contribution in [3.63, 3.8) is 0 Å². The summed E-state index contributed by atoms with van der Waals surface area (Å²) in [5.74, 6) is -1.72. The molecule has 0 saturated carbocycles. The molecule has 2 aromatic carbocycles. The molecule has 1 atom stereocenters. The Hall–Kier alpha value is -3.02. The van der Waals surface area contributed by atoms with Crippen molar-refractivity contribution in [2.24, 2.45) is 0 Å². The van der Waals surface area contributed by atoms with E-state index in [1.807, 2.05) is 6.92 Å². The van der Waals surface area contributed by atoms with E-state index < -0.39 is 11.9 Å². The number of carbonyl (C=O) groups excluding carboxylic acids is 3. The molecule has 26 heavy (non-hydrogen) atoms. The fourth-order valence-electron chi connectivity index (χ4n) is 2.78. The minimum Gasteiger partial charge on any atom is -0.457 e. The summed E-state index contributed by atoms with van der Waals surface area (Å²) in [5, 5.41) is 0. The quantitative estimate of drug-likeness (QED) is 0.607. The van der Waals surface area contributed by atoms with Crippen LogP contribution in [0.3, 0.4) is 0 Å². The third-order valence-corrected chi connectivity index (χ3v) is 4.47. The molecule has 3 rings (SSSR count). The summed E-state index contributed by atoms with van der Waals surface area (Å²) in [5.41, 5.74) is 1.35. The number of ether oxygens (including phenoxy) is 1. The van der Waals surface area contributed by atoms with Gasteiger partial charge in [-0.1, -0.05) is 19.1 Å². The summed E-state index contributed by atoms with van der Waals surface area (Å²) in [7, 11) is 0. The molecule has 0 aromatic heterocycles. The molecule has 0 aliphatic carbocycles. The van der Waals surface area contributed by atoms with E-state index in [1.54, 1.807) is 6.92 Å². The maximum absolute atomic E-state index is 12.9. The van der Waals surface area contributed by atoms with E-state index in [4.69, 9.17) is 4.74 Å². The van der Waals surface area contributed by atoms with Gasteiger partial charge in [-0.2, -0.15) is 0 Å². The van der Waals surface area contributed by atoms with Crippen molar-refractivity contribution >= 4 is 17.8 Å². The zero-order chi connectivity index (χ0) is 18.8. The van der Waals surface area contributed by atoms with Crippen LogP contribution in [-0.4, -0.2) is 28.7 Å². The molecule has 0 bridgehead atoms. The molecule has 0 fully saturated rings. The average molecular weight is 355 g/mol. The molecule has 0 saturated heterocycles. The number of nitrogens with zero attached hydrogens (tertiary/aromatic N) is 1. The Kier molecular flexibility index (Phi) is 4.84. The van der Waals surface area contributed by atoms with Crippen molar-refractivity contribution in [2.75, 3.05) is 0 Å². The minimum atomic E-state index is -0.612. The van der Waals surface area contributed by atoms with Crippen molar-refractivity contribution in [3.05, 3.63) is 70.5 Å². The Bertz CT molecular complexity index is 876. The minimum absolute atomic E-state index is 0.0118. The van der Waals surface area contributed by atoms with Crippen molar-refractivity contribution in [2.45, 2.75) is 32.9 Å². The third-order valence-electron chi connectivity index (χ3n) is 4.47. The van der Waals surface area contributed by atoms with E-state index in [0.717, 1.165) is 0 Å². The largest absolute Gasteiger partial charge is 0.457 e. The fraction of sp³-hybridized carbons (Fsp3) is 0.250. The summed E-state index contributed by atoms with van der Waals surface area (Å²) >= 11 is 0. The van der Waals surface area contributed by atoms with Crippen LogP contribution in [0, 0.1) is 5.82 Å². The second-order valence-corrected chi connectivity index (χ2v) is 6.20. The van der Waals surface area contributed by atoms with Crippen LogP contribution in [0.15, 0.2) is 42.5 Å². The van der Waals surface area contributed by atoms with Crippen molar-refractivity contribution in [1.29, 1.82) is 0 Å². The first-order chi connectivity index (χ1) is 12.4. The van der Waals surface area contributed by atoms with E-state index >= 15 is 0 Å². The van der Waals surface area contributed by atoms with E-state index in [2.05, 4.69) is 0 Å². The maximum atomic E-state index is 12.9. The predicted molar refractivity (Wildman–Crippen MR) is 92.2 cm³/mol. The van der Waals surface area contributed by atoms with Crippen LogP contribution in [-0.2, 0) is 11.3 Å². The molecule has 1 heterocycles. The number of hydrogen-bond acceptors (Lipinski definition) is 4. The monoisotopic (exact) mass is 355 g/mol. The van der Waals surface area contributed by atoms with Gasteiger partial charge in [0.1, 0.15) is 12.4 Å². The second-order valence-electron chi connectivity index (χ2n) is 6.20. The van der Waals surface area contributed by atoms with Crippen LogP contribution in [0.2, 0.25) is 0 Å².